The Morgan fingerprint density at radius 3 is 1.32 bits per heavy atom. The number of halogens is 2. The Balaban J connectivity index is 0.000000179. The Hall–Kier alpha value is 0.620. The number of hydrogen-bond donors (Lipinski definition) is 1. The molecule has 6 aliphatic rings. The summed E-state index contributed by atoms with van der Waals surface area (Å²) in [6, 6.07) is 0. The largest absolute Gasteiger partial charge is 0.748 e. The summed E-state index contributed by atoms with van der Waals surface area (Å²) in [5, 5.41) is 0. The molecule has 6 rings (SSSR count). The molecule has 4 unspecified atom stereocenters. The van der Waals surface area contributed by atoms with E-state index in [0.29, 0.717) is 46.9 Å². The van der Waals surface area contributed by atoms with Crippen molar-refractivity contribution in [3.63, 3.8) is 0 Å². The lowest BCUT2D eigenvalue weighted by Gasteiger charge is -2.37. The van der Waals surface area contributed by atoms with Gasteiger partial charge in [-0.25, -0.2) is 8.42 Å². The van der Waals surface area contributed by atoms with Gasteiger partial charge in [0.15, 0.2) is 7.85 Å². The van der Waals surface area contributed by atoms with Crippen molar-refractivity contribution < 1.29 is 56.7 Å². The van der Waals surface area contributed by atoms with E-state index in [-0.39, 0.29) is 58.2 Å². The van der Waals surface area contributed by atoms with Crippen LogP contribution in [0.3, 0.4) is 0 Å². The summed E-state index contributed by atoms with van der Waals surface area (Å²) in [6.45, 7) is 7.73. The van der Waals surface area contributed by atoms with Crippen LogP contribution in [0, 0.1) is 33.5 Å². The van der Waals surface area contributed by atoms with Crippen molar-refractivity contribution in [2.45, 2.75) is 138 Å². The molecule has 4 atom stereocenters. The fourth-order valence-electron chi connectivity index (χ4n) is 9.44. The number of alkyl halides is 2. The summed E-state index contributed by atoms with van der Waals surface area (Å²) in [7, 11) is -8.40. The third-order valence-electron chi connectivity index (χ3n) is 12.6. The van der Waals surface area contributed by atoms with Crippen LogP contribution in [0.1, 0.15) is 130 Å². The van der Waals surface area contributed by atoms with E-state index in [1.165, 1.54) is 20.7 Å². The smallest absolute Gasteiger partial charge is 0.275 e. The number of ketones is 2. The Labute approximate surface area is 293 Å². The van der Waals surface area contributed by atoms with Crippen LogP contribution in [-0.4, -0.2) is 56.9 Å². The van der Waals surface area contributed by atoms with Crippen molar-refractivity contribution in [1.29, 1.82) is 0 Å². The van der Waals surface area contributed by atoms with Crippen LogP contribution in [0.25, 0.3) is 0 Å². The Morgan fingerprint density at radius 2 is 1.05 bits per heavy atom. The van der Waals surface area contributed by atoms with Crippen LogP contribution in [0.5, 0.6) is 0 Å². The van der Waals surface area contributed by atoms with Crippen molar-refractivity contribution in [2.24, 2.45) is 33.5 Å². The van der Waals surface area contributed by atoms with Gasteiger partial charge in [0.1, 0.15) is 11.6 Å². The fourth-order valence-corrected chi connectivity index (χ4v) is 16.7. The molecular formula is C32H54I2O8S2. The third-order valence-corrected chi connectivity index (χ3v) is 18.8. The molecule has 0 saturated heterocycles. The van der Waals surface area contributed by atoms with Crippen LogP contribution in [-0.2, 0) is 29.8 Å². The highest BCUT2D eigenvalue weighted by Gasteiger charge is 2.66. The number of fused-ring (bicyclic) bond motifs is 4. The lowest BCUT2D eigenvalue weighted by atomic mass is 9.70. The monoisotopic (exact) mass is 884 g/mol. The topological polar surface area (TPSA) is 146 Å². The van der Waals surface area contributed by atoms with Crippen LogP contribution in [0.15, 0.2) is 0 Å². The number of Topliss-reactive ketones (excluding diaryl/α,β-unsaturated/α-hetero) is 2. The molecule has 6 aliphatic carbocycles. The van der Waals surface area contributed by atoms with Gasteiger partial charge in [-0.2, -0.15) is 8.42 Å². The van der Waals surface area contributed by atoms with Gasteiger partial charge in [-0.1, -0.05) is 40.5 Å². The first-order valence-corrected chi connectivity index (χ1v) is 22.1. The second-order valence-electron chi connectivity index (χ2n) is 15.4. The quantitative estimate of drug-likeness (QED) is 0.243. The number of rotatable bonds is 6. The van der Waals surface area contributed by atoms with Crippen LogP contribution >= 0.6 is 24.0 Å². The Morgan fingerprint density at radius 1 is 0.682 bits per heavy atom. The molecule has 12 heteroatoms. The molecule has 0 aromatic heterocycles. The van der Waals surface area contributed by atoms with Gasteiger partial charge in [-0.15, -0.1) is 24.0 Å². The number of carbonyl (C=O) groups excluding carboxylic acids is 2. The lowest BCUT2D eigenvalue weighted by Crippen LogP contribution is -3.68. The predicted molar refractivity (Wildman–Crippen MR) is 177 cm³/mol. The maximum absolute atomic E-state index is 11.9. The van der Waals surface area contributed by atoms with Crippen LogP contribution in [0.4, 0.5) is 0 Å². The molecule has 4 bridgehead atoms. The first-order chi connectivity index (χ1) is 19.8. The molecule has 0 amide bonds. The van der Waals surface area contributed by atoms with Gasteiger partial charge in [0.25, 0.3) is 31.3 Å². The highest BCUT2D eigenvalue weighted by atomic mass is 127. The molecule has 0 radical (unpaired) electrons. The van der Waals surface area contributed by atoms with E-state index in [1.807, 2.05) is 27.7 Å². The average Bonchev–Trinajstić information content (AvgIpc) is 3.42. The van der Waals surface area contributed by atoms with Crippen molar-refractivity contribution >= 4 is 55.8 Å². The summed E-state index contributed by atoms with van der Waals surface area (Å²) in [5.74, 6) is -0.381. The van der Waals surface area contributed by atoms with Gasteiger partial charge >= 0.3 is 0 Å². The molecule has 44 heavy (non-hydrogen) atoms. The van der Waals surface area contributed by atoms with Gasteiger partial charge in [0.2, 0.25) is 0 Å². The van der Waals surface area contributed by atoms with Crippen molar-refractivity contribution in [3.05, 3.63) is 0 Å². The minimum absolute atomic E-state index is 0. The van der Waals surface area contributed by atoms with Gasteiger partial charge in [-0.05, 0) is 99.7 Å². The fraction of sp³-hybridized carbons (Fsp3) is 0.938. The van der Waals surface area contributed by atoms with Gasteiger partial charge in [-0.3, -0.25) is 14.1 Å². The molecule has 0 spiro atoms. The average molecular weight is 885 g/mol. The molecule has 6 fully saturated rings. The highest BCUT2D eigenvalue weighted by Crippen LogP contribution is 2.65. The van der Waals surface area contributed by atoms with Gasteiger partial charge < -0.3 is 4.55 Å². The van der Waals surface area contributed by atoms with E-state index >= 15 is 0 Å². The Bertz CT molecular complexity index is 1160. The molecule has 1 N–H and O–H groups in total. The summed E-state index contributed by atoms with van der Waals surface area (Å²) >= 11 is 0.583. The minimum atomic E-state index is -4.33. The van der Waals surface area contributed by atoms with E-state index in [2.05, 4.69) is 0 Å². The van der Waals surface area contributed by atoms with E-state index in [1.54, 1.807) is 51.4 Å². The zero-order valence-electron chi connectivity index (χ0n) is 26.9. The summed E-state index contributed by atoms with van der Waals surface area (Å²) in [5.41, 5.74) is -2.34. The predicted octanol–water partition coefficient (Wildman–Crippen LogP) is 3.56. The zero-order valence-corrected chi connectivity index (χ0v) is 33.1. The van der Waals surface area contributed by atoms with E-state index in [0.717, 1.165) is 12.8 Å². The summed E-state index contributed by atoms with van der Waals surface area (Å²) < 4.78 is 66.1. The molecule has 256 valence electrons. The highest BCUT2D eigenvalue weighted by molar-refractivity contribution is 14.0. The van der Waals surface area contributed by atoms with Gasteiger partial charge in [0.05, 0.1) is 27.0 Å². The van der Waals surface area contributed by atoms with Crippen LogP contribution in [0.2, 0.25) is 0 Å². The summed E-state index contributed by atoms with van der Waals surface area (Å²) in [4.78, 5) is 23.7. The second kappa shape index (κ2) is 14.6. The number of carbonyl (C=O) groups is 2. The minimum Gasteiger partial charge on any atom is -0.748 e. The SMILES string of the molecule is C1CCC([I+]C2CCCCC2)CC1.CC1(C)C2CCC1(CS(=O)(=O)O)C(=O)C2.CC1(C)C2CCC1(CS(=O)(=O)[O-])C(=O)C2.I. The maximum atomic E-state index is 11.9. The molecule has 0 aliphatic heterocycles. The standard InChI is InChI=1S/C12H22I.2C10H16O4S.HI/c1-3-7-11(8-4-1)13-12-9-5-2-6-10-12;2*1-9(2)7-3-4-10(9,8(11)5-7)6-15(12,13)14;/h11-12H,1-10H2;2*7H,3-6H2,1-2H3,(H,12,13,14);1H/q+1;;;/p-1. The molecule has 0 heterocycles. The van der Waals surface area contributed by atoms with E-state index in [4.69, 9.17) is 4.55 Å². The summed E-state index contributed by atoms with van der Waals surface area (Å²) in [6.07, 6.45) is 19.5. The molecule has 6 saturated carbocycles. The van der Waals surface area contributed by atoms with E-state index < -0.39 is 42.6 Å². The van der Waals surface area contributed by atoms with Gasteiger partial charge in [0, 0.05) is 18.3 Å². The third kappa shape index (κ3) is 8.25. The molecule has 0 aromatic carbocycles. The lowest BCUT2D eigenvalue weighted by molar-refractivity contribution is -0.725. The van der Waals surface area contributed by atoms with Crippen molar-refractivity contribution in [1.82, 2.24) is 0 Å². The van der Waals surface area contributed by atoms with Crippen molar-refractivity contribution in [3.8, 4) is 0 Å². The van der Waals surface area contributed by atoms with E-state index in [9.17, 15) is 31.0 Å². The molecule has 0 aromatic rings. The second-order valence-corrected chi connectivity index (χ2v) is 22.5. The molecular weight excluding hydrogens is 830 g/mol. The molecule has 8 nitrogen and oxygen atoms in total. The van der Waals surface area contributed by atoms with Crippen LogP contribution < -0.4 is 21.2 Å². The Kier molecular flexibility index (Phi) is 13.0. The normalized spacial score (nSPS) is 34.5. The number of hydrogen-bond acceptors (Lipinski definition) is 7. The van der Waals surface area contributed by atoms with Crippen molar-refractivity contribution in [2.75, 3.05) is 11.5 Å². The first-order valence-electron chi connectivity index (χ1n) is 16.4. The maximum Gasteiger partial charge on any atom is 0.275 e. The first kappa shape index (κ1) is 39.1. The zero-order chi connectivity index (χ0) is 31.9.